The Kier molecular flexibility index (Phi) is 6.90. The average Bonchev–Trinajstić information content (AvgIpc) is 2.69. The van der Waals surface area contributed by atoms with Crippen molar-refractivity contribution in [3.05, 3.63) is 16.1 Å². The van der Waals surface area contributed by atoms with Gasteiger partial charge in [0, 0.05) is 20.6 Å². The highest BCUT2D eigenvalue weighted by Crippen LogP contribution is 2.13. The van der Waals surface area contributed by atoms with E-state index in [9.17, 15) is 4.79 Å². The van der Waals surface area contributed by atoms with E-state index in [1.807, 2.05) is 20.9 Å². The minimum atomic E-state index is 0.0138. The highest BCUT2D eigenvalue weighted by molar-refractivity contribution is 7.13. The summed E-state index contributed by atoms with van der Waals surface area (Å²) >= 11 is 1.43. The maximum absolute atomic E-state index is 11.4. The highest BCUT2D eigenvalue weighted by Gasteiger charge is 2.11. The molecule has 0 spiro atoms. The Labute approximate surface area is 95.3 Å². The standard InChI is InChI=1S/C8H13N3OS.C2H6/c1-9-5-7-10-4-6(13-7)8(12)11(2)3;1-2/h4,9H,5H2,1-3H3;1-2H3. The zero-order valence-corrected chi connectivity index (χ0v) is 10.8. The molecule has 0 saturated carbocycles. The summed E-state index contributed by atoms with van der Waals surface area (Å²) < 4.78 is 0. The molecule has 5 heteroatoms. The van der Waals surface area contributed by atoms with E-state index in [-0.39, 0.29) is 5.91 Å². The molecular formula is C10H19N3OS. The predicted octanol–water partition coefficient (Wildman–Crippen LogP) is 1.59. The summed E-state index contributed by atoms with van der Waals surface area (Å²) in [5.74, 6) is 0.0138. The molecule has 0 unspecified atom stereocenters. The zero-order valence-electron chi connectivity index (χ0n) is 10.00. The van der Waals surface area contributed by atoms with Crippen LogP contribution in [-0.4, -0.2) is 36.9 Å². The number of amides is 1. The van der Waals surface area contributed by atoms with Gasteiger partial charge in [-0.2, -0.15) is 0 Å². The van der Waals surface area contributed by atoms with Crippen LogP contribution in [0.2, 0.25) is 0 Å². The van der Waals surface area contributed by atoms with Crippen molar-refractivity contribution >= 4 is 17.2 Å². The third-order valence-corrected chi connectivity index (χ3v) is 2.48. The normalized spacial score (nSPS) is 9.13. The molecule has 0 aliphatic carbocycles. The Hall–Kier alpha value is -0.940. The minimum Gasteiger partial charge on any atom is -0.344 e. The molecule has 1 rings (SSSR count). The van der Waals surface area contributed by atoms with Crippen LogP contribution in [0.25, 0.3) is 0 Å². The van der Waals surface area contributed by atoms with Gasteiger partial charge in [0.25, 0.3) is 5.91 Å². The molecule has 0 radical (unpaired) electrons. The summed E-state index contributed by atoms with van der Waals surface area (Å²) in [6, 6.07) is 0. The molecule has 0 aliphatic heterocycles. The van der Waals surface area contributed by atoms with E-state index in [1.54, 1.807) is 25.2 Å². The molecule has 86 valence electrons. The van der Waals surface area contributed by atoms with E-state index < -0.39 is 0 Å². The van der Waals surface area contributed by atoms with Crippen LogP contribution in [0.3, 0.4) is 0 Å². The third kappa shape index (κ3) is 4.40. The molecular weight excluding hydrogens is 210 g/mol. The molecule has 0 bridgehead atoms. The van der Waals surface area contributed by atoms with Crippen molar-refractivity contribution in [2.45, 2.75) is 20.4 Å². The highest BCUT2D eigenvalue weighted by atomic mass is 32.1. The van der Waals surface area contributed by atoms with Gasteiger partial charge < -0.3 is 10.2 Å². The van der Waals surface area contributed by atoms with Crippen molar-refractivity contribution < 1.29 is 4.79 Å². The number of nitrogens with zero attached hydrogens (tertiary/aromatic N) is 2. The topological polar surface area (TPSA) is 45.2 Å². The van der Waals surface area contributed by atoms with Crippen LogP contribution in [0, 0.1) is 0 Å². The van der Waals surface area contributed by atoms with Crippen molar-refractivity contribution in [2.75, 3.05) is 21.1 Å². The molecule has 0 atom stereocenters. The van der Waals surface area contributed by atoms with Gasteiger partial charge in [0.1, 0.15) is 9.88 Å². The first-order valence-electron chi connectivity index (χ1n) is 4.96. The van der Waals surface area contributed by atoms with Gasteiger partial charge >= 0.3 is 0 Å². The summed E-state index contributed by atoms with van der Waals surface area (Å²) in [5, 5.41) is 3.93. The smallest absolute Gasteiger partial charge is 0.265 e. The van der Waals surface area contributed by atoms with E-state index in [0.717, 1.165) is 5.01 Å². The first-order chi connectivity index (χ1) is 7.15. The second kappa shape index (κ2) is 7.36. The van der Waals surface area contributed by atoms with E-state index in [1.165, 1.54) is 11.3 Å². The Balaban J connectivity index is 0.000000921. The first kappa shape index (κ1) is 14.1. The summed E-state index contributed by atoms with van der Waals surface area (Å²) in [4.78, 5) is 17.8. The van der Waals surface area contributed by atoms with Crippen LogP contribution < -0.4 is 5.32 Å². The van der Waals surface area contributed by atoms with Gasteiger partial charge in [-0.05, 0) is 7.05 Å². The lowest BCUT2D eigenvalue weighted by Crippen LogP contribution is -2.20. The number of thiazole rings is 1. The van der Waals surface area contributed by atoms with Gasteiger partial charge in [-0.3, -0.25) is 4.79 Å². The number of rotatable bonds is 3. The molecule has 0 aliphatic rings. The number of carbonyl (C=O) groups excluding carboxylic acids is 1. The van der Waals surface area contributed by atoms with Crippen molar-refractivity contribution in [1.29, 1.82) is 0 Å². The molecule has 0 saturated heterocycles. The number of nitrogens with one attached hydrogen (secondary N) is 1. The van der Waals surface area contributed by atoms with Gasteiger partial charge in [-0.15, -0.1) is 11.3 Å². The van der Waals surface area contributed by atoms with Crippen molar-refractivity contribution in [2.24, 2.45) is 0 Å². The number of carbonyl (C=O) groups is 1. The molecule has 1 amide bonds. The van der Waals surface area contributed by atoms with Crippen molar-refractivity contribution in [1.82, 2.24) is 15.2 Å². The molecule has 4 nitrogen and oxygen atoms in total. The van der Waals surface area contributed by atoms with E-state index >= 15 is 0 Å². The number of hydrogen-bond acceptors (Lipinski definition) is 4. The maximum Gasteiger partial charge on any atom is 0.265 e. The number of hydrogen-bond donors (Lipinski definition) is 1. The quantitative estimate of drug-likeness (QED) is 0.856. The lowest BCUT2D eigenvalue weighted by Gasteiger charge is -2.06. The zero-order chi connectivity index (χ0) is 11.8. The second-order valence-corrected chi connectivity index (χ2v) is 3.96. The summed E-state index contributed by atoms with van der Waals surface area (Å²) in [5.41, 5.74) is 0. The van der Waals surface area contributed by atoms with E-state index in [2.05, 4.69) is 10.3 Å². The summed E-state index contributed by atoms with van der Waals surface area (Å²) in [6.45, 7) is 4.71. The summed E-state index contributed by atoms with van der Waals surface area (Å²) in [6.07, 6.45) is 1.62. The molecule has 0 aromatic carbocycles. The van der Waals surface area contributed by atoms with Crippen LogP contribution in [0.4, 0.5) is 0 Å². The SMILES string of the molecule is CC.CNCc1ncc(C(=O)N(C)C)s1. The molecule has 15 heavy (non-hydrogen) atoms. The average molecular weight is 229 g/mol. The molecule has 1 N–H and O–H groups in total. The molecule has 1 aromatic heterocycles. The maximum atomic E-state index is 11.4. The minimum absolute atomic E-state index is 0.0138. The second-order valence-electron chi connectivity index (χ2n) is 2.85. The molecule has 1 heterocycles. The third-order valence-electron chi connectivity index (χ3n) is 1.50. The Morgan fingerprint density at radius 1 is 1.53 bits per heavy atom. The molecule has 0 fully saturated rings. The summed E-state index contributed by atoms with van der Waals surface area (Å²) in [7, 11) is 5.33. The Bertz CT molecular complexity index is 297. The van der Waals surface area contributed by atoms with Crippen molar-refractivity contribution in [3.63, 3.8) is 0 Å². The van der Waals surface area contributed by atoms with Gasteiger partial charge in [-0.25, -0.2) is 4.98 Å². The largest absolute Gasteiger partial charge is 0.344 e. The van der Waals surface area contributed by atoms with Crippen LogP contribution in [-0.2, 0) is 6.54 Å². The number of aromatic nitrogens is 1. The predicted molar refractivity (Wildman–Crippen MR) is 64.2 cm³/mol. The Morgan fingerprint density at radius 3 is 2.60 bits per heavy atom. The fourth-order valence-corrected chi connectivity index (χ4v) is 1.81. The molecule has 1 aromatic rings. The van der Waals surface area contributed by atoms with Crippen LogP contribution >= 0.6 is 11.3 Å². The fourth-order valence-electron chi connectivity index (χ4n) is 0.862. The van der Waals surface area contributed by atoms with Gasteiger partial charge in [0.2, 0.25) is 0 Å². The van der Waals surface area contributed by atoms with Crippen molar-refractivity contribution in [3.8, 4) is 0 Å². The van der Waals surface area contributed by atoms with E-state index in [4.69, 9.17) is 0 Å². The van der Waals surface area contributed by atoms with Gasteiger partial charge in [0.05, 0.1) is 6.20 Å². The fraction of sp³-hybridized carbons (Fsp3) is 0.600. The van der Waals surface area contributed by atoms with Gasteiger partial charge in [0.15, 0.2) is 0 Å². The monoisotopic (exact) mass is 229 g/mol. The lowest BCUT2D eigenvalue weighted by molar-refractivity contribution is 0.0832. The van der Waals surface area contributed by atoms with E-state index in [0.29, 0.717) is 11.4 Å². The van der Waals surface area contributed by atoms with Crippen LogP contribution in [0.15, 0.2) is 6.20 Å². The lowest BCUT2D eigenvalue weighted by atomic mass is 10.5. The van der Waals surface area contributed by atoms with Crippen LogP contribution in [0.1, 0.15) is 28.5 Å². The Morgan fingerprint density at radius 2 is 2.13 bits per heavy atom. The van der Waals surface area contributed by atoms with Gasteiger partial charge in [-0.1, -0.05) is 13.8 Å². The first-order valence-corrected chi connectivity index (χ1v) is 5.77. The van der Waals surface area contributed by atoms with Crippen LogP contribution in [0.5, 0.6) is 0 Å².